The molecule has 118 valence electrons. The van der Waals surface area contributed by atoms with E-state index in [-0.39, 0.29) is 23.5 Å². The van der Waals surface area contributed by atoms with Crippen molar-refractivity contribution < 1.29 is 9.90 Å². The van der Waals surface area contributed by atoms with Crippen LogP contribution in [0, 0.1) is 0 Å². The second-order valence-electron chi connectivity index (χ2n) is 4.90. The van der Waals surface area contributed by atoms with Crippen LogP contribution in [-0.4, -0.2) is 25.6 Å². The van der Waals surface area contributed by atoms with Crippen molar-refractivity contribution in [3.63, 3.8) is 0 Å². The highest BCUT2D eigenvalue weighted by molar-refractivity contribution is 7.03. The molecule has 1 atom stereocenters. The Morgan fingerprint density at radius 1 is 1.27 bits per heavy atom. The van der Waals surface area contributed by atoms with Crippen molar-refractivity contribution in [1.82, 2.24) is 8.52 Å². The second-order valence-corrected chi connectivity index (χ2v) is 5.87. The van der Waals surface area contributed by atoms with E-state index in [0.717, 1.165) is 17.1 Å². The Kier molecular flexibility index (Phi) is 5.29. The molecule has 0 spiro atoms. The number of carboxylic acids is 1. The van der Waals surface area contributed by atoms with Crippen LogP contribution >= 0.6 is 11.5 Å². The number of aliphatic carboxylic acids is 1. The first-order chi connectivity index (χ1) is 10.5. The number of carboxylic acid groups (broad SMARTS) is 1. The van der Waals surface area contributed by atoms with Gasteiger partial charge in [0.2, 0.25) is 0 Å². The summed E-state index contributed by atoms with van der Waals surface area (Å²) in [6, 6.07) is 8.30. The zero-order valence-electron chi connectivity index (χ0n) is 11.8. The monoisotopic (exact) mass is 323 g/mol. The van der Waals surface area contributed by atoms with Crippen molar-refractivity contribution in [2.45, 2.75) is 32.0 Å². The number of aromatic nitrogens is 2. The molecule has 3 N–H and O–H groups in total. The number of hydrogen-bond acceptors (Lipinski definition) is 5. The first-order valence-electron chi connectivity index (χ1n) is 6.82. The average Bonchev–Trinajstić information content (AvgIpc) is 2.76. The summed E-state index contributed by atoms with van der Waals surface area (Å²) in [7, 11) is 0. The predicted molar refractivity (Wildman–Crippen MR) is 83.2 cm³/mol. The van der Waals surface area contributed by atoms with E-state index in [0.29, 0.717) is 13.0 Å². The molecule has 7 nitrogen and oxygen atoms in total. The number of aryl methyl sites for hydroxylation is 1. The largest absolute Gasteiger partial charge is 0.480 e. The molecule has 0 unspecified atom stereocenters. The van der Waals surface area contributed by atoms with Crippen molar-refractivity contribution >= 4 is 17.5 Å². The van der Waals surface area contributed by atoms with E-state index in [1.54, 1.807) is 0 Å². The van der Waals surface area contributed by atoms with E-state index in [4.69, 9.17) is 10.8 Å². The molecule has 0 aliphatic heterocycles. The zero-order valence-corrected chi connectivity index (χ0v) is 12.7. The molecular formula is C14H17N3O4S. The topological polar surface area (TPSA) is 107 Å². The minimum absolute atomic E-state index is 0.233. The molecule has 0 amide bonds. The van der Waals surface area contributed by atoms with Crippen LogP contribution in [0.1, 0.15) is 18.4 Å². The van der Waals surface area contributed by atoms with Crippen LogP contribution in [0.4, 0.5) is 0 Å². The SMILES string of the molecule is N[C@@H](CCCn1sc(=O)n(Cc2ccccc2)c1=O)C(=O)O. The molecule has 22 heavy (non-hydrogen) atoms. The summed E-state index contributed by atoms with van der Waals surface area (Å²) in [6.07, 6.45) is 0.686. The second kappa shape index (κ2) is 7.19. The quantitative estimate of drug-likeness (QED) is 0.762. The Balaban J connectivity index is 2.06. The van der Waals surface area contributed by atoms with E-state index in [1.807, 2.05) is 30.3 Å². The van der Waals surface area contributed by atoms with Gasteiger partial charge in [0.1, 0.15) is 6.04 Å². The summed E-state index contributed by atoms with van der Waals surface area (Å²) in [5, 5.41) is 8.70. The first-order valence-corrected chi connectivity index (χ1v) is 7.59. The van der Waals surface area contributed by atoms with E-state index < -0.39 is 12.0 Å². The molecular weight excluding hydrogens is 306 g/mol. The van der Waals surface area contributed by atoms with Gasteiger partial charge in [-0.1, -0.05) is 30.3 Å². The summed E-state index contributed by atoms with van der Waals surface area (Å²) < 4.78 is 2.52. The van der Waals surface area contributed by atoms with Gasteiger partial charge in [0.25, 0.3) is 0 Å². The van der Waals surface area contributed by atoms with Crippen LogP contribution in [0.5, 0.6) is 0 Å². The van der Waals surface area contributed by atoms with Gasteiger partial charge in [-0.3, -0.25) is 9.59 Å². The molecule has 1 aromatic heterocycles. The van der Waals surface area contributed by atoms with Crippen LogP contribution in [0.2, 0.25) is 0 Å². The molecule has 1 heterocycles. The van der Waals surface area contributed by atoms with Gasteiger partial charge in [-0.2, -0.15) is 0 Å². The normalized spacial score (nSPS) is 12.2. The maximum Gasteiger partial charge on any atom is 0.341 e. The van der Waals surface area contributed by atoms with Crippen molar-refractivity contribution in [3.05, 3.63) is 56.0 Å². The Morgan fingerprint density at radius 3 is 2.59 bits per heavy atom. The van der Waals surface area contributed by atoms with E-state index in [1.165, 1.54) is 8.52 Å². The molecule has 0 saturated heterocycles. The predicted octanol–water partition coefficient (Wildman–Crippen LogP) is 0.312. The lowest BCUT2D eigenvalue weighted by atomic mass is 10.2. The van der Waals surface area contributed by atoms with Crippen molar-refractivity contribution in [1.29, 1.82) is 0 Å². The van der Waals surface area contributed by atoms with Crippen molar-refractivity contribution in [2.24, 2.45) is 5.73 Å². The number of nitrogens with zero attached hydrogens (tertiary/aromatic N) is 2. The molecule has 0 aliphatic rings. The average molecular weight is 323 g/mol. The van der Waals surface area contributed by atoms with Gasteiger partial charge in [-0.15, -0.1) is 0 Å². The van der Waals surface area contributed by atoms with Crippen LogP contribution in [-0.2, 0) is 17.9 Å². The standard InChI is InChI=1S/C14H17N3O4S/c15-11(12(18)19)7-4-8-17-13(20)16(14(21)22-17)9-10-5-2-1-3-6-10/h1-3,5-6,11H,4,7-9,15H2,(H,18,19)/t11-/m0/s1. The molecule has 0 saturated carbocycles. The maximum absolute atomic E-state index is 12.2. The fourth-order valence-electron chi connectivity index (χ4n) is 2.01. The molecule has 1 aromatic carbocycles. The van der Waals surface area contributed by atoms with Gasteiger partial charge in [-0.05, 0) is 18.4 Å². The number of benzene rings is 1. The molecule has 2 rings (SSSR count). The third-order valence-electron chi connectivity index (χ3n) is 3.23. The van der Waals surface area contributed by atoms with Crippen LogP contribution in [0.3, 0.4) is 0 Å². The molecule has 8 heteroatoms. The summed E-state index contributed by atoms with van der Waals surface area (Å²) in [5.74, 6) is -1.07. The maximum atomic E-state index is 12.2. The molecule has 0 aliphatic carbocycles. The van der Waals surface area contributed by atoms with Crippen LogP contribution in [0.25, 0.3) is 0 Å². The number of rotatable bonds is 7. The lowest BCUT2D eigenvalue weighted by Gasteiger charge is -2.05. The summed E-state index contributed by atoms with van der Waals surface area (Å²) >= 11 is 0.844. The number of carbonyl (C=O) groups is 1. The van der Waals surface area contributed by atoms with Gasteiger partial charge in [0, 0.05) is 18.1 Å². The number of hydrogen-bond donors (Lipinski definition) is 2. The minimum Gasteiger partial charge on any atom is -0.480 e. The van der Waals surface area contributed by atoms with Crippen LogP contribution in [0.15, 0.2) is 39.9 Å². The Morgan fingerprint density at radius 2 is 1.95 bits per heavy atom. The Bertz CT molecular complexity index is 747. The summed E-state index contributed by atoms with van der Waals surface area (Å²) in [6.45, 7) is 0.526. The smallest absolute Gasteiger partial charge is 0.341 e. The van der Waals surface area contributed by atoms with Gasteiger partial charge in [-0.25, -0.2) is 13.3 Å². The lowest BCUT2D eigenvalue weighted by Crippen LogP contribution is -2.31. The third-order valence-corrected chi connectivity index (χ3v) is 4.17. The molecule has 0 fully saturated rings. The number of nitrogens with two attached hydrogens (primary N) is 1. The van der Waals surface area contributed by atoms with Gasteiger partial charge < -0.3 is 10.8 Å². The minimum atomic E-state index is -1.07. The highest BCUT2D eigenvalue weighted by Gasteiger charge is 2.13. The fourth-order valence-corrected chi connectivity index (χ4v) is 2.84. The Labute approximate surface area is 130 Å². The Hall–Kier alpha value is -2.19. The van der Waals surface area contributed by atoms with Crippen molar-refractivity contribution in [3.8, 4) is 0 Å². The van der Waals surface area contributed by atoms with Gasteiger partial charge in [0.15, 0.2) is 0 Å². The molecule has 0 bridgehead atoms. The van der Waals surface area contributed by atoms with Gasteiger partial charge >= 0.3 is 16.5 Å². The summed E-state index contributed by atoms with van der Waals surface area (Å²) in [4.78, 5) is 34.4. The fraction of sp³-hybridized carbons (Fsp3) is 0.357. The first kappa shape index (κ1) is 16.2. The lowest BCUT2D eigenvalue weighted by molar-refractivity contribution is -0.138. The highest BCUT2D eigenvalue weighted by atomic mass is 32.1. The van der Waals surface area contributed by atoms with E-state index in [9.17, 15) is 14.4 Å². The van der Waals surface area contributed by atoms with E-state index >= 15 is 0 Å². The van der Waals surface area contributed by atoms with E-state index in [2.05, 4.69) is 0 Å². The molecule has 2 aromatic rings. The summed E-state index contributed by atoms with van der Waals surface area (Å²) in [5.41, 5.74) is 5.91. The zero-order chi connectivity index (χ0) is 16.1. The molecule has 0 radical (unpaired) electrons. The third kappa shape index (κ3) is 3.92. The van der Waals surface area contributed by atoms with Crippen LogP contribution < -0.4 is 16.3 Å². The highest BCUT2D eigenvalue weighted by Crippen LogP contribution is 2.02. The van der Waals surface area contributed by atoms with Crippen molar-refractivity contribution in [2.75, 3.05) is 0 Å². The van der Waals surface area contributed by atoms with Gasteiger partial charge in [0.05, 0.1) is 6.54 Å².